The highest BCUT2D eigenvalue weighted by molar-refractivity contribution is 6.00. The third-order valence-electron chi connectivity index (χ3n) is 5.58. The first kappa shape index (κ1) is 23.5. The third-order valence-corrected chi connectivity index (χ3v) is 5.58. The maximum absolute atomic E-state index is 13.2. The number of nitrogens with zero attached hydrogens (tertiary/aromatic N) is 1. The van der Waals surface area contributed by atoms with Crippen molar-refractivity contribution in [2.75, 3.05) is 20.3 Å². The largest absolute Gasteiger partial charge is 0.497 e. The fraction of sp³-hybridized carbons (Fsp3) is 0.296. The lowest BCUT2D eigenvalue weighted by Gasteiger charge is -2.39. The topological polar surface area (TPSA) is 59.0 Å². The van der Waals surface area contributed by atoms with E-state index in [1.54, 1.807) is 24.1 Å². The van der Waals surface area contributed by atoms with Crippen molar-refractivity contribution < 1.29 is 19.4 Å². The molecule has 1 amide bonds. The zero-order valence-electron chi connectivity index (χ0n) is 19.1. The Morgan fingerprint density at radius 2 is 1.56 bits per heavy atom. The molecule has 0 bridgehead atoms. The molecule has 5 nitrogen and oxygen atoms in total. The molecule has 32 heavy (non-hydrogen) atoms. The van der Waals surface area contributed by atoms with Crippen molar-refractivity contribution in [3.05, 3.63) is 101 Å². The molecule has 0 saturated carbocycles. The van der Waals surface area contributed by atoms with Gasteiger partial charge in [-0.05, 0) is 30.7 Å². The SMILES string of the molecule is CC.CCN1C(=O)c2ccccc2C1(OCC(O)c1ccc(OC)cc1)c1ccccc1. The number of fused-ring (bicyclic) bond motifs is 1. The van der Waals surface area contributed by atoms with E-state index in [4.69, 9.17) is 9.47 Å². The van der Waals surface area contributed by atoms with Crippen LogP contribution in [0.3, 0.4) is 0 Å². The molecule has 2 atom stereocenters. The summed E-state index contributed by atoms with van der Waals surface area (Å²) in [6.07, 6.45) is -0.849. The van der Waals surface area contributed by atoms with Gasteiger partial charge in [0.05, 0.1) is 13.7 Å². The fourth-order valence-corrected chi connectivity index (χ4v) is 4.10. The van der Waals surface area contributed by atoms with Crippen LogP contribution < -0.4 is 4.74 Å². The molecule has 3 aromatic carbocycles. The number of aliphatic hydroxyl groups is 1. The lowest BCUT2D eigenvalue weighted by Crippen LogP contribution is -2.47. The van der Waals surface area contributed by atoms with Gasteiger partial charge in [0, 0.05) is 23.2 Å². The first-order valence-corrected chi connectivity index (χ1v) is 11.0. The molecule has 2 unspecified atom stereocenters. The number of amides is 1. The Bertz CT molecular complexity index is 1020. The molecule has 0 saturated heterocycles. The van der Waals surface area contributed by atoms with Crippen LogP contribution in [0.5, 0.6) is 5.75 Å². The summed E-state index contributed by atoms with van der Waals surface area (Å²) >= 11 is 0. The highest BCUT2D eigenvalue weighted by Crippen LogP contribution is 2.45. The van der Waals surface area contributed by atoms with E-state index < -0.39 is 11.8 Å². The Balaban J connectivity index is 0.00000141. The molecule has 0 spiro atoms. The molecule has 0 fully saturated rings. The number of benzene rings is 3. The monoisotopic (exact) mass is 433 g/mol. The predicted octanol–water partition coefficient (Wildman–Crippen LogP) is 5.15. The van der Waals surface area contributed by atoms with Crippen LogP contribution in [0.1, 0.15) is 53.9 Å². The van der Waals surface area contributed by atoms with E-state index >= 15 is 0 Å². The third kappa shape index (κ3) is 4.14. The van der Waals surface area contributed by atoms with Gasteiger partial charge >= 0.3 is 0 Å². The number of carbonyl (C=O) groups is 1. The molecule has 1 heterocycles. The first-order valence-electron chi connectivity index (χ1n) is 11.0. The summed E-state index contributed by atoms with van der Waals surface area (Å²) < 4.78 is 11.7. The van der Waals surface area contributed by atoms with Crippen LogP contribution in [0.2, 0.25) is 0 Å². The van der Waals surface area contributed by atoms with Gasteiger partial charge in [-0.1, -0.05) is 74.5 Å². The van der Waals surface area contributed by atoms with Crippen LogP contribution in [0, 0.1) is 0 Å². The lowest BCUT2D eigenvalue weighted by atomic mass is 9.93. The van der Waals surface area contributed by atoms with Crippen LogP contribution in [-0.4, -0.2) is 36.2 Å². The van der Waals surface area contributed by atoms with E-state index in [1.807, 2.05) is 87.5 Å². The number of hydrogen-bond acceptors (Lipinski definition) is 4. The summed E-state index contributed by atoms with van der Waals surface area (Å²) in [5, 5.41) is 10.8. The first-order chi connectivity index (χ1) is 15.6. The maximum atomic E-state index is 13.2. The van der Waals surface area contributed by atoms with Gasteiger partial charge in [-0.2, -0.15) is 0 Å². The molecule has 1 N–H and O–H groups in total. The number of aliphatic hydroxyl groups excluding tert-OH is 1. The number of ether oxygens (including phenoxy) is 2. The highest BCUT2D eigenvalue weighted by Gasteiger charge is 2.51. The van der Waals surface area contributed by atoms with Crippen molar-refractivity contribution in [3.8, 4) is 5.75 Å². The summed E-state index contributed by atoms with van der Waals surface area (Å²) in [7, 11) is 1.60. The Kier molecular flexibility index (Phi) is 7.67. The Morgan fingerprint density at radius 1 is 0.938 bits per heavy atom. The van der Waals surface area contributed by atoms with E-state index in [1.165, 1.54) is 0 Å². The van der Waals surface area contributed by atoms with E-state index in [-0.39, 0.29) is 12.5 Å². The average Bonchev–Trinajstić information content (AvgIpc) is 3.12. The van der Waals surface area contributed by atoms with Gasteiger partial charge in [-0.3, -0.25) is 4.79 Å². The van der Waals surface area contributed by atoms with E-state index in [0.717, 1.165) is 22.4 Å². The smallest absolute Gasteiger partial charge is 0.257 e. The molecule has 0 aliphatic carbocycles. The zero-order valence-corrected chi connectivity index (χ0v) is 19.1. The van der Waals surface area contributed by atoms with Gasteiger partial charge in [0.1, 0.15) is 11.9 Å². The van der Waals surface area contributed by atoms with Crippen molar-refractivity contribution in [1.82, 2.24) is 4.90 Å². The minimum Gasteiger partial charge on any atom is -0.497 e. The maximum Gasteiger partial charge on any atom is 0.257 e. The molecular formula is C27H31NO4. The number of hydrogen-bond donors (Lipinski definition) is 1. The van der Waals surface area contributed by atoms with Crippen LogP contribution in [-0.2, 0) is 10.5 Å². The van der Waals surface area contributed by atoms with Gasteiger partial charge in [-0.25, -0.2) is 0 Å². The molecular weight excluding hydrogens is 402 g/mol. The molecule has 1 aliphatic rings. The molecule has 0 radical (unpaired) electrons. The van der Waals surface area contributed by atoms with E-state index in [0.29, 0.717) is 12.1 Å². The predicted molar refractivity (Wildman–Crippen MR) is 126 cm³/mol. The van der Waals surface area contributed by atoms with Gasteiger partial charge in [-0.15, -0.1) is 0 Å². The summed E-state index contributed by atoms with van der Waals surface area (Å²) in [6.45, 7) is 6.44. The second-order valence-electron chi connectivity index (χ2n) is 7.21. The summed E-state index contributed by atoms with van der Waals surface area (Å²) in [5.41, 5.74) is 1.91. The van der Waals surface area contributed by atoms with Gasteiger partial charge < -0.3 is 19.5 Å². The second-order valence-corrected chi connectivity index (χ2v) is 7.21. The minimum absolute atomic E-state index is 0.0271. The van der Waals surface area contributed by atoms with Crippen LogP contribution in [0.4, 0.5) is 0 Å². The van der Waals surface area contributed by atoms with Gasteiger partial charge in [0.2, 0.25) is 0 Å². The van der Waals surface area contributed by atoms with Gasteiger partial charge in [0.25, 0.3) is 5.91 Å². The van der Waals surface area contributed by atoms with Crippen molar-refractivity contribution in [1.29, 1.82) is 0 Å². The standard InChI is InChI=1S/C25H25NO4.C2H6/c1-3-26-24(28)21-11-7-8-12-22(21)25(26,19-9-5-4-6-10-19)30-17-23(27)18-13-15-20(29-2)16-14-18;1-2/h4-16,23,27H,3,17H2,1-2H3;1-2H3. The van der Waals surface area contributed by atoms with Crippen LogP contribution in [0.25, 0.3) is 0 Å². The number of carbonyl (C=O) groups excluding carboxylic acids is 1. The number of rotatable bonds is 7. The van der Waals surface area contributed by atoms with Crippen molar-refractivity contribution in [3.63, 3.8) is 0 Å². The zero-order chi connectivity index (χ0) is 23.1. The molecule has 1 aliphatic heterocycles. The molecule has 4 rings (SSSR count). The fourth-order valence-electron chi connectivity index (χ4n) is 4.10. The Hall–Kier alpha value is -3.15. The minimum atomic E-state index is -1.09. The molecule has 3 aromatic rings. The summed E-state index contributed by atoms with van der Waals surface area (Å²) in [5.74, 6) is 0.649. The van der Waals surface area contributed by atoms with Crippen molar-refractivity contribution in [2.24, 2.45) is 0 Å². The quantitative estimate of drug-likeness (QED) is 0.560. The lowest BCUT2D eigenvalue weighted by molar-refractivity contribution is -0.129. The van der Waals surface area contributed by atoms with Crippen molar-refractivity contribution in [2.45, 2.75) is 32.6 Å². The summed E-state index contributed by atoms with van der Waals surface area (Å²) in [6, 6.07) is 24.5. The highest BCUT2D eigenvalue weighted by atomic mass is 16.5. The Morgan fingerprint density at radius 3 is 2.19 bits per heavy atom. The van der Waals surface area contributed by atoms with Gasteiger partial charge in [0.15, 0.2) is 5.72 Å². The van der Waals surface area contributed by atoms with E-state index in [2.05, 4.69) is 0 Å². The van der Waals surface area contributed by atoms with Crippen LogP contribution >= 0.6 is 0 Å². The second kappa shape index (κ2) is 10.4. The normalized spacial score (nSPS) is 17.9. The summed E-state index contributed by atoms with van der Waals surface area (Å²) in [4.78, 5) is 14.9. The average molecular weight is 434 g/mol. The molecule has 5 heteroatoms. The number of methoxy groups -OCH3 is 1. The molecule has 0 aromatic heterocycles. The van der Waals surface area contributed by atoms with Crippen molar-refractivity contribution >= 4 is 5.91 Å². The Labute approximate surface area is 190 Å². The van der Waals surface area contributed by atoms with E-state index in [9.17, 15) is 9.90 Å². The van der Waals surface area contributed by atoms with Crippen LogP contribution in [0.15, 0.2) is 78.9 Å². The molecule has 168 valence electrons.